The van der Waals surface area contributed by atoms with Crippen molar-refractivity contribution in [3.05, 3.63) is 63.5 Å². The summed E-state index contributed by atoms with van der Waals surface area (Å²) in [5.41, 5.74) is -0.951. The number of likely N-dealkylation sites (N-methyl/N-ethyl adjacent to an activating group) is 1. The smallest absolute Gasteiger partial charge is 0.315 e. The molecular weight excluding hydrogens is 392 g/mol. The van der Waals surface area contributed by atoms with Gasteiger partial charge in [0.15, 0.2) is 11.3 Å². The Morgan fingerprint density at radius 2 is 2.03 bits per heavy atom. The van der Waals surface area contributed by atoms with Crippen molar-refractivity contribution in [1.29, 1.82) is 5.26 Å². The minimum absolute atomic E-state index is 0.0430. The molecule has 2 aromatic rings. The molecule has 2 rings (SSSR count). The van der Waals surface area contributed by atoms with Crippen molar-refractivity contribution in [2.24, 2.45) is 0 Å². The van der Waals surface area contributed by atoms with Crippen molar-refractivity contribution in [2.45, 2.75) is 0 Å². The van der Waals surface area contributed by atoms with Crippen molar-refractivity contribution in [1.82, 2.24) is 9.88 Å². The van der Waals surface area contributed by atoms with E-state index in [1.165, 1.54) is 7.05 Å². The highest BCUT2D eigenvalue weighted by molar-refractivity contribution is 6.03. The van der Waals surface area contributed by atoms with Crippen molar-refractivity contribution >= 4 is 17.4 Å². The van der Waals surface area contributed by atoms with Crippen LogP contribution >= 0.6 is 0 Å². The van der Waals surface area contributed by atoms with E-state index in [4.69, 9.17) is 4.74 Å². The van der Waals surface area contributed by atoms with Gasteiger partial charge < -0.3 is 19.8 Å². The third-order valence-electron chi connectivity index (χ3n) is 3.88. The van der Waals surface area contributed by atoms with Crippen molar-refractivity contribution < 1.29 is 24.7 Å². The predicted octanol–water partition coefficient (Wildman–Crippen LogP) is 2.01. The van der Waals surface area contributed by atoms with Gasteiger partial charge in [0, 0.05) is 36.6 Å². The molecule has 1 heterocycles. The number of benzene rings is 1. The van der Waals surface area contributed by atoms with Crippen LogP contribution in [0.5, 0.6) is 11.5 Å². The summed E-state index contributed by atoms with van der Waals surface area (Å²) in [5, 5.41) is 40.7. The van der Waals surface area contributed by atoms with Crippen LogP contribution < -0.4 is 4.74 Å². The number of aromatic hydroxyl groups is 1. The maximum Gasteiger partial charge on any atom is 0.315 e. The molecule has 10 heteroatoms. The zero-order chi connectivity index (χ0) is 22.3. The summed E-state index contributed by atoms with van der Waals surface area (Å²) in [6.07, 6.45) is 3.14. The summed E-state index contributed by atoms with van der Waals surface area (Å²) >= 11 is 0. The number of aliphatic hydroxyl groups excluding tert-OH is 1. The first-order chi connectivity index (χ1) is 14.3. The highest BCUT2D eigenvalue weighted by Gasteiger charge is 2.25. The van der Waals surface area contributed by atoms with Gasteiger partial charge in [-0.25, -0.2) is 0 Å². The molecule has 0 bridgehead atoms. The molecule has 0 radical (unpaired) electrons. The molecule has 2 N–H and O–H groups in total. The molecule has 1 aromatic heterocycles. The lowest BCUT2D eigenvalue weighted by Gasteiger charge is -2.14. The molecule has 10 nitrogen and oxygen atoms in total. The van der Waals surface area contributed by atoms with E-state index in [-0.39, 0.29) is 17.9 Å². The number of nitrogens with zero attached hydrogens (tertiary/aromatic N) is 4. The van der Waals surface area contributed by atoms with Crippen molar-refractivity contribution in [3.8, 4) is 29.4 Å². The van der Waals surface area contributed by atoms with E-state index >= 15 is 0 Å². The van der Waals surface area contributed by atoms with Gasteiger partial charge in [0.2, 0.25) is 5.75 Å². The largest absolute Gasteiger partial charge is 0.506 e. The summed E-state index contributed by atoms with van der Waals surface area (Å²) in [6, 6.07) is 6.88. The van der Waals surface area contributed by atoms with E-state index in [1.807, 2.05) is 0 Å². The summed E-state index contributed by atoms with van der Waals surface area (Å²) in [6.45, 7) is -0.0430. The molecule has 152 valence electrons. The summed E-state index contributed by atoms with van der Waals surface area (Å²) in [7, 11) is 2.54. The highest BCUT2D eigenvalue weighted by atomic mass is 16.6. The maximum atomic E-state index is 12.6. The van der Waals surface area contributed by atoms with E-state index in [2.05, 4.69) is 16.8 Å². The van der Waals surface area contributed by atoms with Crippen LogP contribution in [0, 0.1) is 33.3 Å². The number of carbonyl (C=O) groups is 1. The molecule has 0 saturated carbocycles. The number of hydrogen-bond acceptors (Lipinski definition) is 8. The SMILES string of the molecule is COc1cc(/C(O)=C(\C#N)C(=O)N(C)CC#Cc2ccncc2)cc([N+](=O)[O-])c1O. The molecule has 0 saturated heterocycles. The predicted molar refractivity (Wildman–Crippen MR) is 105 cm³/mol. The lowest BCUT2D eigenvalue weighted by Crippen LogP contribution is -2.28. The number of nitro benzene ring substituents is 1. The third-order valence-corrected chi connectivity index (χ3v) is 3.88. The van der Waals surface area contributed by atoms with Crippen molar-refractivity contribution in [2.75, 3.05) is 20.7 Å². The summed E-state index contributed by atoms with van der Waals surface area (Å²) in [4.78, 5) is 27.8. The number of ether oxygens (including phenoxy) is 1. The molecule has 0 aliphatic rings. The van der Waals surface area contributed by atoms with E-state index in [1.54, 1.807) is 30.6 Å². The molecule has 0 fully saturated rings. The monoisotopic (exact) mass is 408 g/mol. The van der Waals surface area contributed by atoms with Crippen LogP contribution in [0.4, 0.5) is 5.69 Å². The standard InChI is InChI=1S/C20H16N4O6/c1-23(9-3-4-13-5-7-22-8-6-13)20(27)15(12-21)18(25)14-10-16(24(28)29)19(26)17(11-14)30-2/h5-8,10-11,25-26H,9H2,1-2H3/b18-15-. The van der Waals surface area contributed by atoms with Crippen LogP contribution in [-0.2, 0) is 4.79 Å². The Morgan fingerprint density at radius 1 is 1.37 bits per heavy atom. The number of hydrogen-bond donors (Lipinski definition) is 2. The van der Waals surface area contributed by atoms with Crippen LogP contribution in [0.15, 0.2) is 42.2 Å². The van der Waals surface area contributed by atoms with Crippen LogP contribution in [0.1, 0.15) is 11.1 Å². The summed E-state index contributed by atoms with van der Waals surface area (Å²) in [5.74, 6) is 2.91. The Bertz CT molecular complexity index is 1110. The molecule has 0 aliphatic heterocycles. The van der Waals surface area contributed by atoms with E-state index in [0.717, 1.165) is 24.1 Å². The third kappa shape index (κ3) is 4.82. The zero-order valence-corrected chi connectivity index (χ0v) is 16.0. The summed E-state index contributed by atoms with van der Waals surface area (Å²) < 4.78 is 4.85. The highest BCUT2D eigenvalue weighted by Crippen LogP contribution is 2.38. The fourth-order valence-electron chi connectivity index (χ4n) is 2.33. The number of methoxy groups -OCH3 is 1. The number of nitriles is 1. The maximum absolute atomic E-state index is 12.6. The van der Waals surface area contributed by atoms with Crippen LogP contribution in [-0.4, -0.2) is 51.6 Å². The van der Waals surface area contributed by atoms with E-state index in [9.17, 15) is 30.4 Å². The average Bonchev–Trinajstić information content (AvgIpc) is 2.74. The number of nitro groups is 1. The van der Waals surface area contributed by atoms with Crippen LogP contribution in [0.25, 0.3) is 5.76 Å². The molecule has 0 spiro atoms. The second-order valence-electron chi connectivity index (χ2n) is 5.84. The normalized spacial score (nSPS) is 10.7. The Labute approximate surface area is 171 Å². The number of phenolic OH excluding ortho intramolecular Hbond substituents is 1. The topological polar surface area (TPSA) is 150 Å². The van der Waals surface area contributed by atoms with Gasteiger partial charge in [-0.05, 0) is 18.2 Å². The number of pyridine rings is 1. The van der Waals surface area contributed by atoms with Gasteiger partial charge in [-0.15, -0.1) is 0 Å². The van der Waals surface area contributed by atoms with Gasteiger partial charge in [-0.2, -0.15) is 5.26 Å². The van der Waals surface area contributed by atoms with Crippen molar-refractivity contribution in [3.63, 3.8) is 0 Å². The molecular formula is C20H16N4O6. The minimum atomic E-state index is -0.886. The quantitative estimate of drug-likeness (QED) is 0.190. The number of aliphatic hydroxyl groups is 1. The number of amides is 1. The first-order valence-electron chi connectivity index (χ1n) is 8.33. The lowest BCUT2D eigenvalue weighted by molar-refractivity contribution is -0.386. The molecule has 1 amide bonds. The van der Waals surface area contributed by atoms with Gasteiger partial charge in [-0.3, -0.25) is 19.9 Å². The first kappa shape index (κ1) is 21.7. The number of phenols is 1. The van der Waals surface area contributed by atoms with Crippen LogP contribution in [0.3, 0.4) is 0 Å². The van der Waals surface area contributed by atoms with E-state index in [0.29, 0.717) is 5.56 Å². The second-order valence-corrected chi connectivity index (χ2v) is 5.84. The van der Waals surface area contributed by atoms with Gasteiger partial charge in [0.1, 0.15) is 11.8 Å². The molecule has 0 unspecified atom stereocenters. The van der Waals surface area contributed by atoms with Gasteiger partial charge in [0.25, 0.3) is 5.91 Å². The fraction of sp³-hybridized carbons (Fsp3) is 0.150. The number of aromatic nitrogens is 1. The fourth-order valence-corrected chi connectivity index (χ4v) is 2.33. The molecule has 30 heavy (non-hydrogen) atoms. The van der Waals surface area contributed by atoms with Gasteiger partial charge in [0.05, 0.1) is 18.6 Å². The number of rotatable bonds is 5. The molecule has 0 aliphatic carbocycles. The lowest BCUT2D eigenvalue weighted by atomic mass is 10.1. The Morgan fingerprint density at radius 3 is 2.60 bits per heavy atom. The number of carbonyl (C=O) groups excluding carboxylic acids is 1. The molecule has 1 aromatic carbocycles. The second kappa shape index (κ2) is 9.57. The van der Waals surface area contributed by atoms with E-state index < -0.39 is 33.6 Å². The minimum Gasteiger partial charge on any atom is -0.506 e. The van der Waals surface area contributed by atoms with Crippen LogP contribution in [0.2, 0.25) is 0 Å². The first-order valence-corrected chi connectivity index (χ1v) is 8.33. The van der Waals surface area contributed by atoms with Gasteiger partial charge in [-0.1, -0.05) is 11.8 Å². The van der Waals surface area contributed by atoms with Gasteiger partial charge >= 0.3 is 5.69 Å². The average molecular weight is 408 g/mol. The Balaban J connectivity index is 2.36. The molecule has 0 atom stereocenters. The zero-order valence-electron chi connectivity index (χ0n) is 16.0. The Kier molecular flexibility index (Phi) is 6.93. The Hall–Kier alpha value is -4.57.